The molecule has 3 rings (SSSR count). The number of alkyl halides is 3. The largest absolute Gasteiger partial charge is 0.522 e. The van der Waals surface area contributed by atoms with Gasteiger partial charge in [-0.25, -0.2) is 0 Å². The van der Waals surface area contributed by atoms with Crippen molar-refractivity contribution in [1.82, 2.24) is 4.90 Å². The predicted octanol–water partition coefficient (Wildman–Crippen LogP) is 4.50. The van der Waals surface area contributed by atoms with Crippen molar-refractivity contribution in [2.75, 3.05) is 20.2 Å². The molecule has 0 spiro atoms. The van der Waals surface area contributed by atoms with E-state index in [0.717, 1.165) is 11.1 Å². The summed E-state index contributed by atoms with van der Waals surface area (Å²) in [5, 5.41) is 0. The minimum atomic E-state index is -4.64. The number of carbonyl (C=O) groups excluding carboxylic acids is 1. The van der Waals surface area contributed by atoms with Crippen LogP contribution in [0.2, 0.25) is 0 Å². The average molecular weight is 379 g/mol. The van der Waals surface area contributed by atoms with Crippen molar-refractivity contribution in [1.29, 1.82) is 0 Å². The fourth-order valence-electron chi connectivity index (χ4n) is 3.25. The van der Waals surface area contributed by atoms with E-state index in [4.69, 9.17) is 4.74 Å². The summed E-state index contributed by atoms with van der Waals surface area (Å²) in [4.78, 5) is 14.3. The molecular weight excluding hydrogens is 359 g/mol. The van der Waals surface area contributed by atoms with Crippen LogP contribution in [-0.2, 0) is 4.74 Å². The van der Waals surface area contributed by atoms with Gasteiger partial charge in [-0.05, 0) is 36.6 Å². The van der Waals surface area contributed by atoms with Gasteiger partial charge >= 0.3 is 6.36 Å². The molecule has 144 valence electrons. The smallest absolute Gasteiger partial charge is 0.496 e. The number of ether oxygens (including phenoxy) is 2. The zero-order chi connectivity index (χ0) is 19.4. The number of methoxy groups -OCH3 is 1. The van der Waals surface area contributed by atoms with E-state index < -0.39 is 12.5 Å². The number of likely N-dealkylation sites (tertiary alicyclic amines) is 1. The molecule has 0 aliphatic carbocycles. The van der Waals surface area contributed by atoms with E-state index in [-0.39, 0.29) is 31.8 Å². The van der Waals surface area contributed by atoms with Crippen molar-refractivity contribution in [2.45, 2.75) is 25.3 Å². The van der Waals surface area contributed by atoms with Gasteiger partial charge in [0, 0.05) is 24.2 Å². The van der Waals surface area contributed by atoms with Gasteiger partial charge in [0.15, 0.2) is 0 Å². The number of halogens is 3. The highest BCUT2D eigenvalue weighted by atomic mass is 19.4. The molecule has 0 saturated carbocycles. The molecule has 0 unspecified atom stereocenters. The number of para-hydroxylation sites is 1. The van der Waals surface area contributed by atoms with Crippen LogP contribution in [0.1, 0.15) is 23.2 Å². The molecule has 27 heavy (non-hydrogen) atoms. The van der Waals surface area contributed by atoms with Crippen molar-refractivity contribution < 1.29 is 27.4 Å². The molecule has 0 radical (unpaired) electrons. The Labute approximate surface area is 155 Å². The standard InChI is InChI=1S/C20H20F3NO3/c1-26-18-8-3-2-7-17(18)14-5-4-6-15(13-14)19(25)24-11-9-16(10-12-24)27-20(21,22)23/h2-8,13,16H,9-12H2,1H3. The zero-order valence-electron chi connectivity index (χ0n) is 14.8. The van der Waals surface area contributed by atoms with Crippen molar-refractivity contribution in [3.63, 3.8) is 0 Å². The number of benzene rings is 2. The molecule has 4 nitrogen and oxygen atoms in total. The van der Waals surface area contributed by atoms with Crippen LogP contribution < -0.4 is 4.74 Å². The topological polar surface area (TPSA) is 38.8 Å². The predicted molar refractivity (Wildman–Crippen MR) is 94.5 cm³/mol. The number of nitrogens with zero attached hydrogens (tertiary/aromatic N) is 1. The third-order valence-corrected chi connectivity index (χ3v) is 4.56. The fraction of sp³-hybridized carbons (Fsp3) is 0.350. The van der Waals surface area contributed by atoms with E-state index in [2.05, 4.69) is 4.74 Å². The summed E-state index contributed by atoms with van der Waals surface area (Å²) in [6, 6.07) is 14.7. The van der Waals surface area contributed by atoms with Crippen molar-refractivity contribution in [3.05, 3.63) is 54.1 Å². The number of piperidine rings is 1. The fourth-order valence-corrected chi connectivity index (χ4v) is 3.25. The van der Waals surface area contributed by atoms with Gasteiger partial charge in [-0.15, -0.1) is 13.2 Å². The molecule has 0 bridgehead atoms. The van der Waals surface area contributed by atoms with Crippen molar-refractivity contribution in [3.8, 4) is 16.9 Å². The van der Waals surface area contributed by atoms with Gasteiger partial charge in [0.05, 0.1) is 13.2 Å². The van der Waals surface area contributed by atoms with E-state index in [1.807, 2.05) is 30.3 Å². The first-order chi connectivity index (χ1) is 12.9. The van der Waals surface area contributed by atoms with E-state index in [9.17, 15) is 18.0 Å². The van der Waals surface area contributed by atoms with E-state index >= 15 is 0 Å². The average Bonchev–Trinajstić information content (AvgIpc) is 2.67. The molecule has 1 aliphatic rings. The van der Waals surface area contributed by atoms with Gasteiger partial charge in [-0.2, -0.15) is 0 Å². The second kappa shape index (κ2) is 8.00. The van der Waals surface area contributed by atoms with Crippen LogP contribution in [0.5, 0.6) is 5.75 Å². The summed E-state index contributed by atoms with van der Waals surface area (Å²) >= 11 is 0. The lowest BCUT2D eigenvalue weighted by molar-refractivity contribution is -0.345. The van der Waals surface area contributed by atoms with E-state index in [0.29, 0.717) is 11.3 Å². The molecule has 0 aromatic heterocycles. The number of rotatable bonds is 4. The Morgan fingerprint density at radius 1 is 1.07 bits per heavy atom. The van der Waals surface area contributed by atoms with Gasteiger partial charge in [0.2, 0.25) is 0 Å². The van der Waals surface area contributed by atoms with E-state index in [1.54, 1.807) is 30.2 Å². The van der Waals surface area contributed by atoms with Gasteiger partial charge in [0.1, 0.15) is 5.75 Å². The molecule has 2 aromatic rings. The van der Waals surface area contributed by atoms with Gasteiger partial charge in [-0.1, -0.05) is 30.3 Å². The second-order valence-corrected chi connectivity index (χ2v) is 6.34. The van der Waals surface area contributed by atoms with Crippen LogP contribution >= 0.6 is 0 Å². The minimum Gasteiger partial charge on any atom is -0.496 e. The summed E-state index contributed by atoms with van der Waals surface area (Å²) in [7, 11) is 1.58. The molecule has 0 N–H and O–H groups in total. The molecule has 1 amide bonds. The Bertz CT molecular complexity index is 799. The third-order valence-electron chi connectivity index (χ3n) is 4.56. The van der Waals surface area contributed by atoms with Crippen LogP contribution in [-0.4, -0.2) is 43.5 Å². The van der Waals surface area contributed by atoms with Crippen molar-refractivity contribution >= 4 is 5.91 Å². The van der Waals surface area contributed by atoms with Crippen LogP contribution in [0.3, 0.4) is 0 Å². The Balaban J connectivity index is 1.71. The first-order valence-electron chi connectivity index (χ1n) is 8.64. The molecule has 1 fully saturated rings. The Hall–Kier alpha value is -2.54. The zero-order valence-corrected chi connectivity index (χ0v) is 14.8. The lowest BCUT2D eigenvalue weighted by atomic mass is 10.0. The number of carbonyl (C=O) groups is 1. The first kappa shape index (κ1) is 19.2. The molecule has 1 heterocycles. The molecule has 1 saturated heterocycles. The third kappa shape index (κ3) is 4.80. The number of hydrogen-bond donors (Lipinski definition) is 0. The van der Waals surface area contributed by atoms with Crippen LogP contribution in [0.25, 0.3) is 11.1 Å². The number of hydrogen-bond acceptors (Lipinski definition) is 3. The lowest BCUT2D eigenvalue weighted by Gasteiger charge is -2.32. The van der Waals surface area contributed by atoms with Gasteiger partial charge < -0.3 is 9.64 Å². The summed E-state index contributed by atoms with van der Waals surface area (Å²) in [6.07, 6.45) is -5.21. The van der Waals surface area contributed by atoms with Crippen LogP contribution in [0.4, 0.5) is 13.2 Å². The summed E-state index contributed by atoms with van der Waals surface area (Å²) in [6.45, 7) is 0.469. The summed E-state index contributed by atoms with van der Waals surface area (Å²) in [5.74, 6) is 0.504. The summed E-state index contributed by atoms with van der Waals surface area (Å²) in [5.41, 5.74) is 2.20. The van der Waals surface area contributed by atoms with Crippen LogP contribution in [0.15, 0.2) is 48.5 Å². The van der Waals surface area contributed by atoms with Gasteiger partial charge in [-0.3, -0.25) is 9.53 Å². The normalized spacial score (nSPS) is 15.6. The Morgan fingerprint density at radius 3 is 2.44 bits per heavy atom. The van der Waals surface area contributed by atoms with E-state index in [1.165, 1.54) is 0 Å². The second-order valence-electron chi connectivity index (χ2n) is 6.34. The maximum absolute atomic E-state index is 12.8. The molecule has 1 aliphatic heterocycles. The SMILES string of the molecule is COc1ccccc1-c1cccc(C(=O)N2CCC(OC(F)(F)F)CC2)c1. The highest BCUT2D eigenvalue weighted by Crippen LogP contribution is 2.30. The Kier molecular flexibility index (Phi) is 5.70. The number of amides is 1. The Morgan fingerprint density at radius 2 is 1.78 bits per heavy atom. The highest BCUT2D eigenvalue weighted by molar-refractivity contribution is 5.95. The van der Waals surface area contributed by atoms with Crippen LogP contribution in [0, 0.1) is 0 Å². The first-order valence-corrected chi connectivity index (χ1v) is 8.64. The lowest BCUT2D eigenvalue weighted by Crippen LogP contribution is -2.42. The maximum Gasteiger partial charge on any atom is 0.522 e. The van der Waals surface area contributed by atoms with Crippen molar-refractivity contribution in [2.24, 2.45) is 0 Å². The van der Waals surface area contributed by atoms with Gasteiger partial charge in [0.25, 0.3) is 5.91 Å². The molecule has 0 atom stereocenters. The maximum atomic E-state index is 12.8. The molecule has 2 aromatic carbocycles. The summed E-state index contributed by atoms with van der Waals surface area (Å²) < 4.78 is 46.4. The monoisotopic (exact) mass is 379 g/mol. The quantitative estimate of drug-likeness (QED) is 0.785. The molecular formula is C20H20F3NO3. The minimum absolute atomic E-state index is 0.164. The molecule has 7 heteroatoms. The highest BCUT2D eigenvalue weighted by Gasteiger charge is 2.35.